The molecule has 1 aromatic heterocycles. The average Bonchev–Trinajstić information content (AvgIpc) is 3.03. The molecule has 1 aliphatic heterocycles. The Balaban J connectivity index is 0.00000147. The Morgan fingerprint density at radius 2 is 2.10 bits per heavy atom. The molecule has 0 unspecified atom stereocenters. The molecule has 1 amide bonds. The topological polar surface area (TPSA) is 41.1 Å². The molecule has 0 saturated carbocycles. The summed E-state index contributed by atoms with van der Waals surface area (Å²) in [6, 6.07) is 6.41. The Hall–Kier alpha value is -1.36. The molecular formula is C15H17ClN2OS. The molecule has 1 aliphatic rings. The minimum absolute atomic E-state index is 0. The van der Waals surface area contributed by atoms with Crippen molar-refractivity contribution in [2.75, 3.05) is 0 Å². The molecule has 5 heteroatoms. The first-order valence-corrected chi connectivity index (χ1v) is 7.31. The number of carbonyl (C=O) groups is 1. The minimum Gasteiger partial charge on any atom is -0.348 e. The molecule has 0 aliphatic carbocycles. The van der Waals surface area contributed by atoms with Crippen molar-refractivity contribution in [1.29, 1.82) is 0 Å². The zero-order valence-electron chi connectivity index (χ0n) is 11.2. The molecule has 3 nitrogen and oxygen atoms in total. The van der Waals surface area contributed by atoms with Gasteiger partial charge in [0, 0.05) is 25.0 Å². The normalized spacial score (nSPS) is 12.7. The van der Waals surface area contributed by atoms with Crippen LogP contribution >= 0.6 is 23.7 Å². The van der Waals surface area contributed by atoms with Crippen LogP contribution in [0, 0.1) is 6.92 Å². The van der Waals surface area contributed by atoms with E-state index in [0.717, 1.165) is 29.8 Å². The highest BCUT2D eigenvalue weighted by Crippen LogP contribution is 2.17. The Labute approximate surface area is 128 Å². The minimum atomic E-state index is 0. The fraction of sp³-hybridized carbons (Fsp3) is 0.267. The summed E-state index contributed by atoms with van der Waals surface area (Å²) in [6.45, 7) is 4.44. The smallest absolute Gasteiger partial charge is 0.252 e. The first-order valence-electron chi connectivity index (χ1n) is 6.36. The zero-order chi connectivity index (χ0) is 13.2. The van der Waals surface area contributed by atoms with Gasteiger partial charge in [-0.1, -0.05) is 18.2 Å². The summed E-state index contributed by atoms with van der Waals surface area (Å²) in [7, 11) is 0. The standard InChI is InChI=1S/C15H16N2OS.ClH/c1-10-8-19-9-14(10)15(18)17-5-11-2-3-12-6-16-7-13(12)4-11;/h2-4,8-9,16H,5-7H2,1H3,(H,17,18);1H. The molecule has 0 bridgehead atoms. The molecule has 0 saturated heterocycles. The van der Waals surface area contributed by atoms with Gasteiger partial charge < -0.3 is 10.6 Å². The van der Waals surface area contributed by atoms with Crippen molar-refractivity contribution in [1.82, 2.24) is 10.6 Å². The van der Waals surface area contributed by atoms with Gasteiger partial charge in [-0.2, -0.15) is 11.3 Å². The molecule has 2 aromatic rings. The van der Waals surface area contributed by atoms with E-state index in [-0.39, 0.29) is 18.3 Å². The predicted molar refractivity (Wildman–Crippen MR) is 84.5 cm³/mol. The van der Waals surface area contributed by atoms with Gasteiger partial charge in [0.25, 0.3) is 5.91 Å². The van der Waals surface area contributed by atoms with Crippen molar-refractivity contribution in [3.05, 3.63) is 56.8 Å². The largest absolute Gasteiger partial charge is 0.348 e. The lowest BCUT2D eigenvalue weighted by Gasteiger charge is -2.07. The maximum Gasteiger partial charge on any atom is 0.252 e. The number of thiophene rings is 1. The average molecular weight is 309 g/mol. The Kier molecular flexibility index (Phi) is 4.81. The third-order valence-electron chi connectivity index (χ3n) is 3.45. The van der Waals surface area contributed by atoms with E-state index in [1.807, 2.05) is 17.7 Å². The first-order chi connectivity index (χ1) is 9.24. The number of halogens is 1. The molecule has 0 atom stereocenters. The van der Waals surface area contributed by atoms with E-state index < -0.39 is 0 Å². The molecular weight excluding hydrogens is 292 g/mol. The molecule has 0 radical (unpaired) electrons. The second-order valence-corrected chi connectivity index (χ2v) is 5.60. The molecule has 1 aromatic carbocycles. The van der Waals surface area contributed by atoms with Crippen LogP contribution in [-0.2, 0) is 19.6 Å². The number of rotatable bonds is 3. The molecule has 106 valence electrons. The van der Waals surface area contributed by atoms with E-state index in [1.165, 1.54) is 11.1 Å². The highest BCUT2D eigenvalue weighted by Gasteiger charge is 2.12. The number of fused-ring (bicyclic) bond motifs is 1. The van der Waals surface area contributed by atoms with Crippen LogP contribution < -0.4 is 10.6 Å². The maximum absolute atomic E-state index is 12.0. The van der Waals surface area contributed by atoms with Crippen LogP contribution in [0.5, 0.6) is 0 Å². The Morgan fingerprint density at radius 1 is 1.30 bits per heavy atom. The van der Waals surface area contributed by atoms with Crippen molar-refractivity contribution in [2.24, 2.45) is 0 Å². The van der Waals surface area contributed by atoms with E-state index in [9.17, 15) is 4.79 Å². The van der Waals surface area contributed by atoms with E-state index in [0.29, 0.717) is 6.54 Å². The van der Waals surface area contributed by atoms with Gasteiger partial charge in [-0.25, -0.2) is 0 Å². The highest BCUT2D eigenvalue weighted by molar-refractivity contribution is 7.08. The Morgan fingerprint density at radius 3 is 2.85 bits per heavy atom. The number of aryl methyl sites for hydroxylation is 1. The number of hydrogen-bond acceptors (Lipinski definition) is 3. The van der Waals surface area contributed by atoms with Crippen molar-refractivity contribution in [2.45, 2.75) is 26.6 Å². The van der Waals surface area contributed by atoms with Crippen LogP contribution in [0.1, 0.15) is 32.6 Å². The van der Waals surface area contributed by atoms with Crippen molar-refractivity contribution < 1.29 is 4.79 Å². The SMILES string of the molecule is Cc1cscc1C(=O)NCc1ccc2c(c1)CNC2.Cl. The number of amides is 1. The summed E-state index contributed by atoms with van der Waals surface area (Å²) in [5.41, 5.74) is 5.69. The third-order valence-corrected chi connectivity index (χ3v) is 4.32. The lowest BCUT2D eigenvalue weighted by Crippen LogP contribution is -2.23. The van der Waals surface area contributed by atoms with Crippen LogP contribution in [-0.4, -0.2) is 5.91 Å². The van der Waals surface area contributed by atoms with Crippen LogP contribution in [0.4, 0.5) is 0 Å². The third kappa shape index (κ3) is 3.03. The number of hydrogen-bond donors (Lipinski definition) is 2. The summed E-state index contributed by atoms with van der Waals surface area (Å²) >= 11 is 1.56. The molecule has 2 heterocycles. The van der Waals surface area contributed by atoms with Crippen LogP contribution in [0.25, 0.3) is 0 Å². The predicted octanol–water partition coefficient (Wildman–Crippen LogP) is 3.01. The molecule has 20 heavy (non-hydrogen) atoms. The molecule has 3 rings (SSSR count). The van der Waals surface area contributed by atoms with Gasteiger partial charge in [0.1, 0.15) is 0 Å². The van der Waals surface area contributed by atoms with E-state index in [1.54, 1.807) is 11.3 Å². The quantitative estimate of drug-likeness (QED) is 0.915. The van der Waals surface area contributed by atoms with Crippen LogP contribution in [0.2, 0.25) is 0 Å². The fourth-order valence-electron chi connectivity index (χ4n) is 2.33. The summed E-state index contributed by atoms with van der Waals surface area (Å²) in [5.74, 6) is 0.0115. The number of carbonyl (C=O) groups excluding carboxylic acids is 1. The lowest BCUT2D eigenvalue weighted by molar-refractivity contribution is 0.0951. The fourth-order valence-corrected chi connectivity index (χ4v) is 3.16. The highest BCUT2D eigenvalue weighted by atomic mass is 35.5. The lowest BCUT2D eigenvalue weighted by atomic mass is 10.1. The van der Waals surface area contributed by atoms with Gasteiger partial charge in [0.2, 0.25) is 0 Å². The second kappa shape index (κ2) is 6.39. The van der Waals surface area contributed by atoms with Gasteiger partial charge in [-0.05, 0) is 34.6 Å². The number of nitrogens with one attached hydrogen (secondary N) is 2. The van der Waals surface area contributed by atoms with Crippen LogP contribution in [0.15, 0.2) is 29.0 Å². The summed E-state index contributed by atoms with van der Waals surface area (Å²) in [6.07, 6.45) is 0. The molecule has 0 spiro atoms. The first kappa shape index (κ1) is 15.0. The summed E-state index contributed by atoms with van der Waals surface area (Å²) < 4.78 is 0. The molecule has 2 N–H and O–H groups in total. The van der Waals surface area contributed by atoms with Crippen molar-refractivity contribution >= 4 is 29.7 Å². The van der Waals surface area contributed by atoms with Crippen LogP contribution in [0.3, 0.4) is 0 Å². The van der Waals surface area contributed by atoms with Gasteiger partial charge in [-0.15, -0.1) is 12.4 Å². The van der Waals surface area contributed by atoms with E-state index >= 15 is 0 Å². The molecule has 0 fully saturated rings. The van der Waals surface area contributed by atoms with Gasteiger partial charge in [0.15, 0.2) is 0 Å². The van der Waals surface area contributed by atoms with Gasteiger partial charge in [-0.3, -0.25) is 4.79 Å². The Bertz CT molecular complexity index is 624. The van der Waals surface area contributed by atoms with E-state index in [4.69, 9.17) is 0 Å². The maximum atomic E-state index is 12.0. The second-order valence-electron chi connectivity index (χ2n) is 4.86. The van der Waals surface area contributed by atoms with Crippen molar-refractivity contribution in [3.8, 4) is 0 Å². The summed E-state index contributed by atoms with van der Waals surface area (Å²) in [4.78, 5) is 12.0. The van der Waals surface area contributed by atoms with Crippen molar-refractivity contribution in [3.63, 3.8) is 0 Å². The summed E-state index contributed by atoms with van der Waals surface area (Å²) in [5, 5.41) is 10.2. The monoisotopic (exact) mass is 308 g/mol. The van der Waals surface area contributed by atoms with Gasteiger partial charge in [0.05, 0.1) is 5.56 Å². The van der Waals surface area contributed by atoms with Gasteiger partial charge >= 0.3 is 0 Å². The number of benzene rings is 1. The van der Waals surface area contributed by atoms with E-state index in [2.05, 4.69) is 28.8 Å². The zero-order valence-corrected chi connectivity index (χ0v) is 12.9.